The monoisotopic (exact) mass is 646 g/mol. The molecular formula is C40H58N2O5. The molecular weight excluding hydrogens is 588 g/mol. The van der Waals surface area contributed by atoms with Crippen molar-refractivity contribution in [3.05, 3.63) is 54.1 Å². The molecule has 5 aliphatic carbocycles. The summed E-state index contributed by atoms with van der Waals surface area (Å²) in [5, 5.41) is 24.7. The van der Waals surface area contributed by atoms with E-state index in [1.165, 1.54) is 38.2 Å². The van der Waals surface area contributed by atoms with E-state index >= 15 is 0 Å². The molecule has 4 saturated carbocycles. The van der Waals surface area contributed by atoms with Crippen LogP contribution in [0.15, 0.2) is 43.0 Å². The third-order valence-electron chi connectivity index (χ3n) is 14.5. The van der Waals surface area contributed by atoms with Crippen LogP contribution in [-0.2, 0) is 4.79 Å². The Morgan fingerprint density at radius 1 is 0.872 bits per heavy atom. The standard InChI is InChI=1S/C37H52N2O5.C3H6/c1-22(30(40)41)38-32(44)39-37-17-7-8-27(37)26-13-14-29-34(4)18-15-25(23-9-11-24(12-10-23)31(42)43)33(2,3)28(34)16-19-36(29,6)35(26,5)20-21-37;1-3-2/h9-12,15,22,26-29H,7-8,13-14,16-21H2,1-6H3,(H,40,41)(H,42,43)(H2,38,39,44);3H,1H2,2H3/t22?,26?,27?,28?,29?,34?,35-,36?,37?;/m1./s1. The average molecular weight is 647 g/mol. The Morgan fingerprint density at radius 3 is 2.15 bits per heavy atom. The largest absolute Gasteiger partial charge is 0.480 e. The number of fused-ring (bicyclic) bond motifs is 7. The van der Waals surface area contributed by atoms with Crippen LogP contribution in [0.3, 0.4) is 0 Å². The summed E-state index contributed by atoms with van der Waals surface area (Å²) in [5.74, 6) is 0.231. The lowest BCUT2D eigenvalue weighted by Gasteiger charge is -2.72. The van der Waals surface area contributed by atoms with Gasteiger partial charge in [-0.1, -0.05) is 65.3 Å². The van der Waals surface area contributed by atoms with E-state index < -0.39 is 18.0 Å². The molecule has 0 bridgehead atoms. The normalized spacial score (nSPS) is 38.7. The fourth-order valence-corrected chi connectivity index (χ4v) is 12.2. The van der Waals surface area contributed by atoms with Gasteiger partial charge in [-0.2, -0.15) is 0 Å². The lowest BCUT2D eigenvalue weighted by atomic mass is 9.33. The van der Waals surface area contributed by atoms with E-state index in [2.05, 4.69) is 57.9 Å². The Balaban J connectivity index is 0.00000139. The first kappa shape index (κ1) is 35.2. The first-order valence-corrected chi connectivity index (χ1v) is 17.9. The van der Waals surface area contributed by atoms with Crippen molar-refractivity contribution in [2.24, 2.45) is 45.3 Å². The molecule has 0 heterocycles. The molecule has 4 N–H and O–H groups in total. The number of allylic oxidation sites excluding steroid dienone is 3. The fourth-order valence-electron chi connectivity index (χ4n) is 12.2. The van der Waals surface area contributed by atoms with Crippen molar-refractivity contribution in [3.63, 3.8) is 0 Å². The molecule has 9 atom stereocenters. The number of amides is 2. The second kappa shape index (κ2) is 12.4. The van der Waals surface area contributed by atoms with E-state index in [1.807, 2.05) is 19.1 Å². The highest BCUT2D eigenvalue weighted by molar-refractivity contribution is 5.88. The van der Waals surface area contributed by atoms with Crippen LogP contribution in [0.25, 0.3) is 5.57 Å². The molecule has 0 aliphatic heterocycles. The number of nitrogens with one attached hydrogen (secondary N) is 2. The van der Waals surface area contributed by atoms with Crippen molar-refractivity contribution >= 4 is 23.5 Å². The van der Waals surface area contributed by atoms with Gasteiger partial charge in [-0.25, -0.2) is 9.59 Å². The Kier molecular flexibility index (Phi) is 9.31. The van der Waals surface area contributed by atoms with E-state index in [0.29, 0.717) is 29.2 Å². The van der Waals surface area contributed by atoms with Crippen LogP contribution in [0, 0.1) is 45.3 Å². The van der Waals surface area contributed by atoms with Crippen molar-refractivity contribution in [2.45, 2.75) is 124 Å². The topological polar surface area (TPSA) is 116 Å². The molecule has 2 amide bonds. The molecule has 5 aliphatic rings. The maximum absolute atomic E-state index is 13.0. The summed E-state index contributed by atoms with van der Waals surface area (Å²) < 4.78 is 0. The lowest BCUT2D eigenvalue weighted by Crippen LogP contribution is -2.68. The van der Waals surface area contributed by atoms with Crippen LogP contribution >= 0.6 is 0 Å². The minimum Gasteiger partial charge on any atom is -0.480 e. The summed E-state index contributed by atoms with van der Waals surface area (Å²) in [5.41, 5.74) is 3.16. The van der Waals surface area contributed by atoms with Gasteiger partial charge in [0, 0.05) is 5.54 Å². The van der Waals surface area contributed by atoms with Gasteiger partial charge < -0.3 is 20.8 Å². The van der Waals surface area contributed by atoms with Gasteiger partial charge in [-0.05, 0) is 140 Å². The van der Waals surface area contributed by atoms with E-state index in [9.17, 15) is 24.6 Å². The maximum atomic E-state index is 13.0. The van der Waals surface area contributed by atoms with Crippen LogP contribution in [0.4, 0.5) is 4.79 Å². The van der Waals surface area contributed by atoms with Crippen molar-refractivity contribution in [2.75, 3.05) is 0 Å². The third kappa shape index (κ3) is 5.53. The summed E-state index contributed by atoms with van der Waals surface area (Å²) >= 11 is 0. The summed E-state index contributed by atoms with van der Waals surface area (Å²) in [6.45, 7) is 19.4. The van der Waals surface area contributed by atoms with Crippen molar-refractivity contribution < 1.29 is 24.6 Å². The molecule has 0 saturated heterocycles. The molecule has 1 aromatic carbocycles. The van der Waals surface area contributed by atoms with E-state index in [0.717, 1.165) is 44.1 Å². The smallest absolute Gasteiger partial charge is 0.335 e. The molecule has 258 valence electrons. The number of carboxylic acids is 2. The van der Waals surface area contributed by atoms with E-state index in [-0.39, 0.29) is 33.2 Å². The predicted octanol–water partition coefficient (Wildman–Crippen LogP) is 8.95. The van der Waals surface area contributed by atoms with Crippen molar-refractivity contribution in [1.29, 1.82) is 0 Å². The SMILES string of the molecule is C=CC.CC(NC(=O)NC12CCCC1C1CCC3C4(C)CC=C(c5ccc(C(=O)O)cc5)C(C)(C)C4CCC3(C)[C@]1(C)CC2)C(=O)O. The minimum atomic E-state index is -1.02. The molecule has 4 fully saturated rings. The number of urea groups is 1. The fraction of sp³-hybridized carbons (Fsp3) is 0.675. The van der Waals surface area contributed by atoms with Crippen LogP contribution in [0.1, 0.15) is 129 Å². The second-order valence-corrected chi connectivity index (χ2v) is 16.8. The molecule has 47 heavy (non-hydrogen) atoms. The zero-order chi connectivity index (χ0) is 34.6. The highest BCUT2D eigenvalue weighted by atomic mass is 16.4. The highest BCUT2D eigenvalue weighted by Crippen LogP contribution is 2.76. The van der Waals surface area contributed by atoms with Gasteiger partial charge in [0.15, 0.2) is 0 Å². The number of carboxylic acid groups (broad SMARTS) is 2. The molecule has 0 radical (unpaired) electrons. The first-order valence-electron chi connectivity index (χ1n) is 17.9. The predicted molar refractivity (Wildman–Crippen MR) is 187 cm³/mol. The van der Waals surface area contributed by atoms with Crippen molar-refractivity contribution in [3.8, 4) is 0 Å². The van der Waals surface area contributed by atoms with Crippen LogP contribution in [0.5, 0.6) is 0 Å². The zero-order valence-corrected chi connectivity index (χ0v) is 29.7. The number of aromatic carboxylic acids is 1. The van der Waals surface area contributed by atoms with Gasteiger partial charge in [0.25, 0.3) is 0 Å². The Labute approximate surface area is 282 Å². The number of rotatable bonds is 5. The summed E-state index contributed by atoms with van der Waals surface area (Å²) in [7, 11) is 0. The van der Waals surface area contributed by atoms with Gasteiger partial charge >= 0.3 is 18.0 Å². The second-order valence-electron chi connectivity index (χ2n) is 16.8. The molecule has 0 aromatic heterocycles. The Morgan fingerprint density at radius 2 is 1.53 bits per heavy atom. The zero-order valence-electron chi connectivity index (χ0n) is 29.7. The van der Waals surface area contributed by atoms with E-state index in [4.69, 9.17) is 0 Å². The molecule has 7 nitrogen and oxygen atoms in total. The van der Waals surface area contributed by atoms with Gasteiger partial charge in [0.05, 0.1) is 5.56 Å². The maximum Gasteiger partial charge on any atom is 0.335 e. The van der Waals surface area contributed by atoms with E-state index in [1.54, 1.807) is 18.2 Å². The molecule has 1 aromatic rings. The van der Waals surface area contributed by atoms with Gasteiger partial charge in [-0.15, -0.1) is 6.58 Å². The number of carbonyl (C=O) groups is 3. The van der Waals surface area contributed by atoms with Crippen LogP contribution in [-0.4, -0.2) is 39.8 Å². The Hall–Kier alpha value is -3.09. The summed E-state index contributed by atoms with van der Waals surface area (Å²) in [6, 6.07) is 6.20. The summed E-state index contributed by atoms with van der Waals surface area (Å²) in [4.78, 5) is 35.9. The van der Waals surface area contributed by atoms with Crippen LogP contribution < -0.4 is 10.6 Å². The number of carbonyl (C=O) groups excluding carboxylic acids is 1. The first-order chi connectivity index (χ1) is 22.0. The minimum absolute atomic E-state index is 0.0195. The number of hydrogen-bond acceptors (Lipinski definition) is 3. The number of benzene rings is 1. The molecule has 8 unspecified atom stereocenters. The number of hydrogen-bond donors (Lipinski definition) is 4. The van der Waals surface area contributed by atoms with Gasteiger partial charge in [-0.3, -0.25) is 4.79 Å². The van der Waals surface area contributed by atoms with Crippen LogP contribution in [0.2, 0.25) is 0 Å². The quantitative estimate of drug-likeness (QED) is 0.238. The number of aliphatic carboxylic acids is 1. The Bertz CT molecular complexity index is 1430. The van der Waals surface area contributed by atoms with Gasteiger partial charge in [0.2, 0.25) is 0 Å². The molecule has 7 heteroatoms. The molecule has 6 rings (SSSR count). The third-order valence-corrected chi connectivity index (χ3v) is 14.5. The molecule has 0 spiro atoms. The van der Waals surface area contributed by atoms with Gasteiger partial charge in [0.1, 0.15) is 6.04 Å². The highest BCUT2D eigenvalue weighted by Gasteiger charge is 2.69. The lowest BCUT2D eigenvalue weighted by molar-refractivity contribution is -0.216. The van der Waals surface area contributed by atoms with Crippen molar-refractivity contribution in [1.82, 2.24) is 10.6 Å². The summed E-state index contributed by atoms with van der Waals surface area (Å²) in [6.07, 6.45) is 15.4. The average Bonchev–Trinajstić information content (AvgIpc) is 3.41.